The highest BCUT2D eigenvalue weighted by atomic mass is 19.1. The molecule has 1 aromatic carbocycles. The van der Waals surface area contributed by atoms with Crippen LogP contribution in [0.25, 0.3) is 0 Å². The Bertz CT molecular complexity index is 708. The van der Waals surface area contributed by atoms with E-state index in [-0.39, 0.29) is 11.7 Å². The van der Waals surface area contributed by atoms with Gasteiger partial charge >= 0.3 is 0 Å². The van der Waals surface area contributed by atoms with Gasteiger partial charge in [-0.2, -0.15) is 0 Å². The molecule has 0 aliphatic heterocycles. The van der Waals surface area contributed by atoms with Crippen molar-refractivity contribution in [3.8, 4) is 5.75 Å². The number of aliphatic imine (C=N–C) groups is 1. The number of rotatable bonds is 7. The summed E-state index contributed by atoms with van der Waals surface area (Å²) in [5.41, 5.74) is 2.06. The number of likely N-dealkylation sites (N-methyl/N-ethyl adjacent to an activating group) is 1. The molecule has 0 fully saturated rings. The quantitative estimate of drug-likeness (QED) is 0.606. The molecule has 1 N–H and O–H groups in total. The highest BCUT2D eigenvalue weighted by molar-refractivity contribution is 5.79. The number of nitrogens with one attached hydrogen (secondary N) is 1. The van der Waals surface area contributed by atoms with Crippen LogP contribution in [-0.4, -0.2) is 49.8 Å². The van der Waals surface area contributed by atoms with Gasteiger partial charge in [0.05, 0.1) is 12.2 Å². The Balaban J connectivity index is 1.81. The van der Waals surface area contributed by atoms with E-state index < -0.39 is 0 Å². The topological polar surface area (TPSA) is 62.9 Å². The summed E-state index contributed by atoms with van der Waals surface area (Å²) in [6.07, 6.45) is 0. The van der Waals surface area contributed by atoms with E-state index in [0.29, 0.717) is 18.9 Å². The van der Waals surface area contributed by atoms with Crippen LogP contribution < -0.4 is 10.1 Å². The number of aryl methyl sites for hydroxylation is 2. The molecule has 2 aromatic rings. The highest BCUT2D eigenvalue weighted by Crippen LogP contribution is 2.22. The lowest BCUT2D eigenvalue weighted by atomic mass is 10.00. The number of guanidine groups is 1. The first-order chi connectivity index (χ1) is 12.4. The van der Waals surface area contributed by atoms with Crippen molar-refractivity contribution in [1.29, 1.82) is 0 Å². The fourth-order valence-electron chi connectivity index (χ4n) is 2.86. The highest BCUT2D eigenvalue weighted by Gasteiger charge is 2.17. The van der Waals surface area contributed by atoms with Crippen molar-refractivity contribution in [3.05, 3.63) is 47.1 Å². The summed E-state index contributed by atoms with van der Waals surface area (Å²) in [4.78, 5) is 6.30. The first kappa shape index (κ1) is 19.8. The van der Waals surface area contributed by atoms with Crippen LogP contribution in [0.4, 0.5) is 4.39 Å². The first-order valence-electron chi connectivity index (χ1n) is 8.65. The third-order valence-electron chi connectivity index (χ3n) is 4.23. The van der Waals surface area contributed by atoms with Gasteiger partial charge in [0.25, 0.3) is 0 Å². The summed E-state index contributed by atoms with van der Waals surface area (Å²) in [6.45, 7) is 7.86. The molecule has 2 rings (SSSR count). The van der Waals surface area contributed by atoms with Gasteiger partial charge in [-0.25, -0.2) is 4.39 Å². The number of ether oxygens (including phenoxy) is 1. The predicted molar refractivity (Wildman–Crippen MR) is 100 cm³/mol. The number of hydrogen-bond acceptors (Lipinski definition) is 4. The van der Waals surface area contributed by atoms with Crippen molar-refractivity contribution in [2.75, 3.05) is 33.8 Å². The van der Waals surface area contributed by atoms with Gasteiger partial charge in [0.15, 0.2) is 5.96 Å². The molecule has 6 nitrogen and oxygen atoms in total. The average molecular weight is 362 g/mol. The fourth-order valence-corrected chi connectivity index (χ4v) is 2.86. The standard InChI is InChI=1S/C19H27FN4O2/c1-13(18-14(2)23-26-15(18)3)12-22-19(21-4)24(5)10-11-25-17-8-6-16(20)7-9-17/h6-9,13H,10-12H2,1-5H3,(H,21,22). The zero-order chi connectivity index (χ0) is 19.1. The zero-order valence-electron chi connectivity index (χ0n) is 16.0. The van der Waals surface area contributed by atoms with Crippen molar-refractivity contribution in [3.63, 3.8) is 0 Å². The predicted octanol–water partition coefficient (Wildman–Crippen LogP) is 3.12. The molecule has 26 heavy (non-hydrogen) atoms. The molecule has 1 aromatic heterocycles. The Labute approximate surface area is 154 Å². The van der Waals surface area contributed by atoms with Crippen LogP contribution in [0.5, 0.6) is 5.75 Å². The van der Waals surface area contributed by atoms with Crippen molar-refractivity contribution in [2.45, 2.75) is 26.7 Å². The molecule has 1 unspecified atom stereocenters. The lowest BCUT2D eigenvalue weighted by Gasteiger charge is -2.23. The van der Waals surface area contributed by atoms with Crippen LogP contribution in [0.15, 0.2) is 33.8 Å². The van der Waals surface area contributed by atoms with Crippen LogP contribution in [0.1, 0.15) is 29.9 Å². The van der Waals surface area contributed by atoms with Crippen LogP contribution in [-0.2, 0) is 0 Å². The number of nitrogens with zero attached hydrogens (tertiary/aromatic N) is 3. The zero-order valence-corrected chi connectivity index (χ0v) is 16.0. The molecule has 0 saturated heterocycles. The maximum absolute atomic E-state index is 12.9. The van der Waals surface area contributed by atoms with Gasteiger partial charge in [0, 0.05) is 32.1 Å². The number of hydrogen-bond donors (Lipinski definition) is 1. The normalized spacial score (nSPS) is 12.8. The molecule has 0 bridgehead atoms. The van der Waals surface area contributed by atoms with Gasteiger partial charge < -0.3 is 19.5 Å². The second-order valence-electron chi connectivity index (χ2n) is 6.29. The number of aromatic nitrogens is 1. The van der Waals surface area contributed by atoms with Crippen molar-refractivity contribution < 1.29 is 13.7 Å². The van der Waals surface area contributed by atoms with E-state index in [2.05, 4.69) is 22.4 Å². The van der Waals surface area contributed by atoms with Gasteiger partial charge in [-0.05, 0) is 38.1 Å². The molecule has 0 spiro atoms. The Morgan fingerprint density at radius 2 is 2.04 bits per heavy atom. The maximum Gasteiger partial charge on any atom is 0.193 e. The summed E-state index contributed by atoms with van der Waals surface area (Å²) in [5, 5.41) is 7.38. The van der Waals surface area contributed by atoms with Crippen molar-refractivity contribution >= 4 is 5.96 Å². The van der Waals surface area contributed by atoms with E-state index in [1.165, 1.54) is 12.1 Å². The van der Waals surface area contributed by atoms with E-state index in [1.807, 2.05) is 25.8 Å². The molecule has 0 amide bonds. The molecular weight excluding hydrogens is 335 g/mol. The van der Waals surface area contributed by atoms with Gasteiger partial charge in [-0.3, -0.25) is 4.99 Å². The van der Waals surface area contributed by atoms with Crippen LogP contribution in [0.3, 0.4) is 0 Å². The van der Waals surface area contributed by atoms with E-state index in [9.17, 15) is 4.39 Å². The van der Waals surface area contributed by atoms with Gasteiger partial charge in [-0.1, -0.05) is 12.1 Å². The second kappa shape index (κ2) is 9.22. The van der Waals surface area contributed by atoms with Gasteiger partial charge in [0.2, 0.25) is 0 Å². The van der Waals surface area contributed by atoms with E-state index >= 15 is 0 Å². The lowest BCUT2D eigenvalue weighted by Crippen LogP contribution is -2.42. The van der Waals surface area contributed by atoms with Crippen LogP contribution in [0.2, 0.25) is 0 Å². The largest absolute Gasteiger partial charge is 0.492 e. The van der Waals surface area contributed by atoms with E-state index in [0.717, 1.165) is 29.5 Å². The minimum absolute atomic E-state index is 0.252. The Hall–Kier alpha value is -2.57. The molecular formula is C19H27FN4O2. The number of halogens is 1. The third kappa shape index (κ3) is 5.21. The number of benzene rings is 1. The van der Waals surface area contributed by atoms with Crippen molar-refractivity contribution in [1.82, 2.24) is 15.4 Å². The smallest absolute Gasteiger partial charge is 0.193 e. The lowest BCUT2D eigenvalue weighted by molar-refractivity contribution is 0.281. The minimum Gasteiger partial charge on any atom is -0.492 e. The maximum atomic E-state index is 12.9. The molecule has 0 radical (unpaired) electrons. The second-order valence-corrected chi connectivity index (χ2v) is 6.29. The fraction of sp³-hybridized carbons (Fsp3) is 0.474. The SMILES string of the molecule is CN=C(NCC(C)c1c(C)noc1C)N(C)CCOc1ccc(F)cc1. The van der Waals surface area contributed by atoms with Crippen LogP contribution in [0, 0.1) is 19.7 Å². The minimum atomic E-state index is -0.272. The van der Waals surface area contributed by atoms with E-state index in [4.69, 9.17) is 9.26 Å². The Kier molecular flexibility index (Phi) is 7.00. The molecule has 0 aliphatic rings. The summed E-state index contributed by atoms with van der Waals surface area (Å²) in [6, 6.07) is 6.01. The molecule has 142 valence electrons. The van der Waals surface area contributed by atoms with Gasteiger partial charge in [0.1, 0.15) is 23.9 Å². The summed E-state index contributed by atoms with van der Waals surface area (Å²) < 4.78 is 23.8. The monoisotopic (exact) mass is 362 g/mol. The molecule has 1 atom stereocenters. The Morgan fingerprint density at radius 3 is 2.62 bits per heavy atom. The summed E-state index contributed by atoms with van der Waals surface area (Å²) in [5.74, 6) is 2.27. The molecule has 7 heteroatoms. The van der Waals surface area contributed by atoms with Crippen molar-refractivity contribution in [2.24, 2.45) is 4.99 Å². The molecule has 1 heterocycles. The molecule has 0 saturated carbocycles. The first-order valence-corrected chi connectivity index (χ1v) is 8.65. The third-order valence-corrected chi connectivity index (χ3v) is 4.23. The Morgan fingerprint density at radius 1 is 1.35 bits per heavy atom. The van der Waals surface area contributed by atoms with E-state index in [1.54, 1.807) is 19.2 Å². The summed E-state index contributed by atoms with van der Waals surface area (Å²) >= 11 is 0. The van der Waals surface area contributed by atoms with Gasteiger partial charge in [-0.15, -0.1) is 0 Å². The summed E-state index contributed by atoms with van der Waals surface area (Å²) in [7, 11) is 3.70. The average Bonchev–Trinajstić information content (AvgIpc) is 2.95. The molecule has 0 aliphatic carbocycles. The van der Waals surface area contributed by atoms with Crippen LogP contribution >= 0.6 is 0 Å².